The number of fused-ring (bicyclic) bond motifs is 1. The smallest absolute Gasteiger partial charge is 0.265 e. The monoisotopic (exact) mass is 411 g/mol. The lowest BCUT2D eigenvalue weighted by molar-refractivity contribution is -0.121. The van der Waals surface area contributed by atoms with Gasteiger partial charge in [-0.05, 0) is 55.3 Å². The minimum Gasteiger partial charge on any atom is -0.482 e. The number of thioether (sulfide) groups is 1. The number of ether oxygens (including phenoxy) is 1. The molecule has 1 aromatic heterocycles. The molecule has 0 spiro atoms. The van der Waals surface area contributed by atoms with Crippen molar-refractivity contribution in [2.24, 2.45) is 0 Å². The Morgan fingerprint density at radius 2 is 2.00 bits per heavy atom. The standard InChI is InChI=1S/C20H17N3O3S2/c1-11-5-14(6-12(2)21-11)9-23-15-7-13(3-4-16(15)26-10-18(23)24)8-17-19(25)22-20(27)28-17/h3-8H,9-10H2,1-2H3,(H,22,25,27). The van der Waals surface area contributed by atoms with Crippen molar-refractivity contribution in [2.45, 2.75) is 20.4 Å². The van der Waals surface area contributed by atoms with Crippen LogP contribution in [0, 0.1) is 13.8 Å². The molecule has 142 valence electrons. The number of nitrogens with one attached hydrogen (secondary N) is 1. The largest absolute Gasteiger partial charge is 0.482 e. The Bertz CT molecular complexity index is 1030. The number of amides is 2. The number of thiocarbonyl (C=S) groups is 1. The minimum atomic E-state index is -0.209. The zero-order valence-corrected chi connectivity index (χ0v) is 16.9. The van der Waals surface area contributed by atoms with Gasteiger partial charge < -0.3 is 15.0 Å². The van der Waals surface area contributed by atoms with Crippen molar-refractivity contribution in [1.29, 1.82) is 0 Å². The van der Waals surface area contributed by atoms with Crippen molar-refractivity contribution in [3.8, 4) is 5.75 Å². The molecule has 2 amide bonds. The molecule has 0 bridgehead atoms. The summed E-state index contributed by atoms with van der Waals surface area (Å²) in [6.45, 7) is 4.30. The maximum absolute atomic E-state index is 12.6. The third-order valence-corrected chi connectivity index (χ3v) is 5.51. The van der Waals surface area contributed by atoms with Gasteiger partial charge in [-0.2, -0.15) is 0 Å². The molecule has 2 aliphatic heterocycles. The number of nitrogens with zero attached hydrogens (tertiary/aromatic N) is 2. The van der Waals surface area contributed by atoms with E-state index in [0.29, 0.717) is 27.2 Å². The molecule has 0 radical (unpaired) electrons. The molecule has 0 atom stereocenters. The quantitative estimate of drug-likeness (QED) is 0.618. The fourth-order valence-electron chi connectivity index (χ4n) is 3.25. The maximum Gasteiger partial charge on any atom is 0.265 e. The summed E-state index contributed by atoms with van der Waals surface area (Å²) < 4.78 is 6.03. The number of rotatable bonds is 3. The highest BCUT2D eigenvalue weighted by molar-refractivity contribution is 8.26. The highest BCUT2D eigenvalue weighted by Gasteiger charge is 2.27. The second kappa shape index (κ2) is 7.37. The van der Waals surface area contributed by atoms with E-state index in [4.69, 9.17) is 17.0 Å². The van der Waals surface area contributed by atoms with Crippen LogP contribution in [0.2, 0.25) is 0 Å². The average Bonchev–Trinajstić information content (AvgIpc) is 2.94. The molecule has 0 saturated carbocycles. The lowest BCUT2D eigenvalue weighted by Gasteiger charge is -2.30. The molecular formula is C20H17N3O3S2. The van der Waals surface area contributed by atoms with Gasteiger partial charge >= 0.3 is 0 Å². The van der Waals surface area contributed by atoms with E-state index in [-0.39, 0.29) is 18.4 Å². The van der Waals surface area contributed by atoms with E-state index in [1.165, 1.54) is 11.8 Å². The van der Waals surface area contributed by atoms with Crippen LogP contribution >= 0.6 is 24.0 Å². The SMILES string of the molecule is Cc1cc(CN2C(=O)COc3ccc(C=C4SC(=S)NC4=O)cc32)cc(C)n1. The number of pyridine rings is 1. The number of anilines is 1. The molecule has 6 nitrogen and oxygen atoms in total. The van der Waals surface area contributed by atoms with Crippen LogP contribution in [0.15, 0.2) is 35.2 Å². The highest BCUT2D eigenvalue weighted by Crippen LogP contribution is 2.35. The fourth-order valence-corrected chi connectivity index (χ4v) is 4.29. The molecule has 1 fully saturated rings. The molecule has 1 N–H and O–H groups in total. The van der Waals surface area contributed by atoms with Gasteiger partial charge in [-0.3, -0.25) is 14.6 Å². The van der Waals surface area contributed by atoms with Gasteiger partial charge in [-0.1, -0.05) is 30.0 Å². The van der Waals surface area contributed by atoms with E-state index in [9.17, 15) is 9.59 Å². The number of carbonyl (C=O) groups is 2. The predicted molar refractivity (Wildman–Crippen MR) is 113 cm³/mol. The van der Waals surface area contributed by atoms with Crippen LogP contribution in [0.3, 0.4) is 0 Å². The summed E-state index contributed by atoms with van der Waals surface area (Å²) in [5.41, 5.74) is 4.31. The molecule has 4 rings (SSSR count). The first-order chi connectivity index (χ1) is 13.4. The van der Waals surface area contributed by atoms with Crippen molar-refractivity contribution in [1.82, 2.24) is 10.3 Å². The summed E-state index contributed by atoms with van der Waals surface area (Å²) in [6.07, 6.45) is 1.76. The van der Waals surface area contributed by atoms with Crippen LogP contribution in [-0.2, 0) is 16.1 Å². The second-order valence-electron chi connectivity index (χ2n) is 6.61. The lowest BCUT2D eigenvalue weighted by atomic mass is 10.1. The van der Waals surface area contributed by atoms with Crippen LogP contribution in [0.25, 0.3) is 6.08 Å². The van der Waals surface area contributed by atoms with E-state index in [0.717, 1.165) is 22.5 Å². The van der Waals surface area contributed by atoms with Crippen LogP contribution in [-0.4, -0.2) is 27.7 Å². The number of aryl methyl sites for hydroxylation is 2. The van der Waals surface area contributed by atoms with Gasteiger partial charge in [0.1, 0.15) is 10.1 Å². The summed E-state index contributed by atoms with van der Waals surface area (Å²) in [6, 6.07) is 9.48. The molecule has 3 heterocycles. The Balaban J connectivity index is 1.69. The average molecular weight is 412 g/mol. The predicted octanol–water partition coefficient (Wildman–Crippen LogP) is 3.11. The van der Waals surface area contributed by atoms with Crippen LogP contribution < -0.4 is 15.0 Å². The van der Waals surface area contributed by atoms with Gasteiger partial charge in [0.2, 0.25) is 0 Å². The van der Waals surface area contributed by atoms with Crippen molar-refractivity contribution < 1.29 is 14.3 Å². The second-order valence-corrected chi connectivity index (χ2v) is 8.32. The lowest BCUT2D eigenvalue weighted by Crippen LogP contribution is -2.38. The van der Waals surface area contributed by atoms with Crippen LogP contribution in [0.5, 0.6) is 5.75 Å². The van der Waals surface area contributed by atoms with Crippen molar-refractivity contribution in [2.75, 3.05) is 11.5 Å². The minimum absolute atomic E-state index is 0.00299. The van der Waals surface area contributed by atoms with Gasteiger partial charge in [0, 0.05) is 11.4 Å². The van der Waals surface area contributed by atoms with E-state index in [2.05, 4.69) is 10.3 Å². The third kappa shape index (κ3) is 3.79. The van der Waals surface area contributed by atoms with Gasteiger partial charge in [-0.15, -0.1) is 0 Å². The van der Waals surface area contributed by atoms with Crippen LogP contribution in [0.4, 0.5) is 5.69 Å². The first-order valence-electron chi connectivity index (χ1n) is 8.65. The molecule has 1 aromatic carbocycles. The zero-order valence-electron chi connectivity index (χ0n) is 15.3. The summed E-state index contributed by atoms with van der Waals surface area (Å²) in [5.74, 6) is 0.321. The Morgan fingerprint density at radius 3 is 2.68 bits per heavy atom. The Kier molecular flexibility index (Phi) is 4.91. The summed E-state index contributed by atoms with van der Waals surface area (Å²) in [5, 5.41) is 2.60. The van der Waals surface area contributed by atoms with Gasteiger partial charge in [-0.25, -0.2) is 0 Å². The Labute approximate surface area is 172 Å². The molecule has 0 unspecified atom stereocenters. The fraction of sp³-hybridized carbons (Fsp3) is 0.200. The van der Waals surface area contributed by atoms with Gasteiger partial charge in [0.05, 0.1) is 17.1 Å². The summed E-state index contributed by atoms with van der Waals surface area (Å²) in [7, 11) is 0. The van der Waals surface area contributed by atoms with E-state index in [1.54, 1.807) is 11.0 Å². The van der Waals surface area contributed by atoms with Gasteiger partial charge in [0.25, 0.3) is 11.8 Å². The number of hydrogen-bond acceptors (Lipinski definition) is 6. The number of hydrogen-bond donors (Lipinski definition) is 1. The zero-order chi connectivity index (χ0) is 19.8. The third-order valence-electron chi connectivity index (χ3n) is 4.35. The van der Waals surface area contributed by atoms with Crippen molar-refractivity contribution in [3.05, 3.63) is 57.8 Å². The summed E-state index contributed by atoms with van der Waals surface area (Å²) in [4.78, 5) is 31.1. The molecule has 8 heteroatoms. The number of aromatic nitrogens is 1. The first kappa shape index (κ1) is 18.6. The van der Waals surface area contributed by atoms with Crippen molar-refractivity contribution in [3.63, 3.8) is 0 Å². The molecule has 2 aromatic rings. The molecule has 0 aliphatic carbocycles. The van der Waals surface area contributed by atoms with Crippen LogP contribution in [0.1, 0.15) is 22.5 Å². The van der Waals surface area contributed by atoms with E-state index >= 15 is 0 Å². The molecule has 28 heavy (non-hydrogen) atoms. The first-order valence-corrected chi connectivity index (χ1v) is 9.88. The highest BCUT2D eigenvalue weighted by atomic mass is 32.2. The Hall–Kier alpha value is -2.71. The Morgan fingerprint density at radius 1 is 1.25 bits per heavy atom. The number of benzene rings is 1. The molecule has 2 aliphatic rings. The van der Waals surface area contributed by atoms with E-state index < -0.39 is 0 Å². The molecule has 1 saturated heterocycles. The van der Waals surface area contributed by atoms with Gasteiger partial charge in [0.15, 0.2) is 6.61 Å². The normalized spacial score (nSPS) is 17.6. The van der Waals surface area contributed by atoms with E-state index in [1.807, 2.05) is 44.2 Å². The van der Waals surface area contributed by atoms with Crippen molar-refractivity contribution >= 4 is 51.9 Å². The topological polar surface area (TPSA) is 71.5 Å². The number of carbonyl (C=O) groups excluding carboxylic acids is 2. The maximum atomic E-state index is 12.6. The summed E-state index contributed by atoms with van der Waals surface area (Å²) >= 11 is 6.25. The molecular weight excluding hydrogens is 394 g/mol.